The van der Waals surface area contributed by atoms with Crippen LogP contribution in [-0.2, 0) is 4.79 Å². The highest BCUT2D eigenvalue weighted by molar-refractivity contribution is 5.93. The number of hydrogen-bond acceptors (Lipinski definition) is 5. The number of aliphatic carboxylic acids is 1. The molecule has 0 unspecified atom stereocenters. The largest absolute Gasteiger partial charge is 0.482 e. The Bertz CT molecular complexity index is 1400. The van der Waals surface area contributed by atoms with Crippen LogP contribution in [0.25, 0.3) is 22.4 Å². The van der Waals surface area contributed by atoms with Crippen molar-refractivity contribution in [1.29, 1.82) is 0 Å². The SMILES string of the molecule is O=C(O)COc1cccc(Oc2ccc(-c3nc4cc(C(=O)O)ccc4n3C3CCCCC3)cc2)c1. The first kappa shape index (κ1) is 23.4. The number of carboxylic acid groups (broad SMARTS) is 2. The number of imidazole rings is 1. The van der Waals surface area contributed by atoms with Crippen LogP contribution in [0.15, 0.2) is 66.7 Å². The first-order chi connectivity index (χ1) is 17.5. The van der Waals surface area contributed by atoms with Gasteiger partial charge in [0.2, 0.25) is 0 Å². The molecule has 1 saturated carbocycles. The number of benzene rings is 3. The second-order valence-electron chi connectivity index (χ2n) is 8.89. The molecule has 5 rings (SSSR count). The van der Waals surface area contributed by atoms with E-state index in [1.165, 1.54) is 19.3 Å². The average Bonchev–Trinajstić information content (AvgIpc) is 3.27. The minimum absolute atomic E-state index is 0.223. The molecule has 3 aromatic carbocycles. The Balaban J connectivity index is 1.44. The van der Waals surface area contributed by atoms with Gasteiger partial charge in [0.25, 0.3) is 0 Å². The van der Waals surface area contributed by atoms with Crippen molar-refractivity contribution in [1.82, 2.24) is 9.55 Å². The lowest BCUT2D eigenvalue weighted by molar-refractivity contribution is -0.139. The standard InChI is InChI=1S/C28H26N2O6/c31-26(32)17-35-22-7-4-8-23(16-22)36-21-12-9-18(10-13-21)27-29-24-15-19(28(33)34)11-14-25(24)30(27)20-5-2-1-3-6-20/h4,7-16,20H,1-3,5-6,17H2,(H,31,32)(H,33,34). The predicted octanol–water partition coefficient (Wildman–Crippen LogP) is 6.16. The molecule has 2 N–H and O–H groups in total. The molecule has 8 nitrogen and oxygen atoms in total. The summed E-state index contributed by atoms with van der Waals surface area (Å²) < 4.78 is 13.4. The van der Waals surface area contributed by atoms with E-state index in [4.69, 9.17) is 19.6 Å². The zero-order valence-electron chi connectivity index (χ0n) is 19.6. The zero-order chi connectivity index (χ0) is 25.1. The van der Waals surface area contributed by atoms with Gasteiger partial charge in [-0.3, -0.25) is 0 Å². The maximum atomic E-state index is 11.5. The summed E-state index contributed by atoms with van der Waals surface area (Å²) in [6.45, 7) is -0.423. The van der Waals surface area contributed by atoms with Gasteiger partial charge in [0.1, 0.15) is 23.1 Å². The van der Waals surface area contributed by atoms with Gasteiger partial charge in [-0.1, -0.05) is 25.3 Å². The summed E-state index contributed by atoms with van der Waals surface area (Å²) in [5.41, 5.74) is 2.76. The molecule has 0 saturated heterocycles. The van der Waals surface area contributed by atoms with Gasteiger partial charge < -0.3 is 24.3 Å². The van der Waals surface area contributed by atoms with Crippen LogP contribution in [-0.4, -0.2) is 38.3 Å². The number of rotatable bonds is 8. The fourth-order valence-corrected chi connectivity index (χ4v) is 4.72. The van der Waals surface area contributed by atoms with Crippen molar-refractivity contribution in [3.05, 3.63) is 72.3 Å². The molecule has 0 bridgehead atoms. The molecule has 184 valence electrons. The van der Waals surface area contributed by atoms with E-state index < -0.39 is 18.5 Å². The molecule has 1 fully saturated rings. The smallest absolute Gasteiger partial charge is 0.341 e. The van der Waals surface area contributed by atoms with Gasteiger partial charge >= 0.3 is 11.9 Å². The predicted molar refractivity (Wildman–Crippen MR) is 134 cm³/mol. The number of nitrogens with zero attached hydrogens (tertiary/aromatic N) is 2. The molecule has 1 aliphatic carbocycles. The molecule has 4 aromatic rings. The van der Waals surface area contributed by atoms with Crippen molar-refractivity contribution in [3.8, 4) is 28.6 Å². The average molecular weight is 487 g/mol. The van der Waals surface area contributed by atoms with Gasteiger partial charge in [-0.25, -0.2) is 14.6 Å². The van der Waals surface area contributed by atoms with E-state index in [1.54, 1.807) is 36.4 Å². The summed E-state index contributed by atoms with van der Waals surface area (Å²) in [5, 5.41) is 18.2. The molecule has 0 spiro atoms. The first-order valence-corrected chi connectivity index (χ1v) is 12.0. The molecule has 36 heavy (non-hydrogen) atoms. The first-order valence-electron chi connectivity index (χ1n) is 12.0. The molecule has 1 aliphatic rings. The second kappa shape index (κ2) is 10.1. The highest BCUT2D eigenvalue weighted by atomic mass is 16.5. The van der Waals surface area contributed by atoms with Gasteiger partial charge in [-0.05, 0) is 67.4 Å². The van der Waals surface area contributed by atoms with Gasteiger partial charge in [0.05, 0.1) is 16.6 Å². The van der Waals surface area contributed by atoms with Crippen LogP contribution in [0.2, 0.25) is 0 Å². The molecular formula is C28H26N2O6. The maximum Gasteiger partial charge on any atom is 0.341 e. The van der Waals surface area contributed by atoms with Crippen LogP contribution >= 0.6 is 0 Å². The third-order valence-electron chi connectivity index (χ3n) is 6.39. The summed E-state index contributed by atoms with van der Waals surface area (Å²) in [7, 11) is 0. The second-order valence-corrected chi connectivity index (χ2v) is 8.89. The number of carboxylic acids is 2. The number of ether oxygens (including phenoxy) is 2. The molecular weight excluding hydrogens is 460 g/mol. The Kier molecular flexibility index (Phi) is 6.58. The Hall–Kier alpha value is -4.33. The highest BCUT2D eigenvalue weighted by Crippen LogP contribution is 2.37. The van der Waals surface area contributed by atoms with Gasteiger partial charge in [0.15, 0.2) is 6.61 Å². The topological polar surface area (TPSA) is 111 Å². The van der Waals surface area contributed by atoms with Crippen LogP contribution < -0.4 is 9.47 Å². The van der Waals surface area contributed by atoms with Gasteiger partial charge in [-0.15, -0.1) is 0 Å². The summed E-state index contributed by atoms with van der Waals surface area (Å²) in [5.74, 6) is 0.354. The summed E-state index contributed by atoms with van der Waals surface area (Å²) in [6.07, 6.45) is 5.70. The lowest BCUT2D eigenvalue weighted by Crippen LogP contribution is -2.14. The quantitative estimate of drug-likeness (QED) is 0.307. The van der Waals surface area contributed by atoms with Crippen molar-refractivity contribution in [2.45, 2.75) is 38.1 Å². The zero-order valence-corrected chi connectivity index (χ0v) is 19.6. The van der Waals surface area contributed by atoms with Crippen molar-refractivity contribution in [2.75, 3.05) is 6.61 Å². The molecule has 1 heterocycles. The van der Waals surface area contributed by atoms with Gasteiger partial charge in [-0.2, -0.15) is 0 Å². The van der Waals surface area contributed by atoms with E-state index in [0.29, 0.717) is 28.8 Å². The summed E-state index contributed by atoms with van der Waals surface area (Å²) in [4.78, 5) is 27.1. The van der Waals surface area contributed by atoms with Gasteiger partial charge in [0, 0.05) is 17.7 Å². The number of fused-ring (bicyclic) bond motifs is 1. The van der Waals surface area contributed by atoms with E-state index in [1.807, 2.05) is 30.3 Å². The van der Waals surface area contributed by atoms with Crippen LogP contribution in [0.3, 0.4) is 0 Å². The van der Waals surface area contributed by atoms with Crippen LogP contribution in [0.4, 0.5) is 0 Å². The summed E-state index contributed by atoms with van der Waals surface area (Å²) in [6, 6.07) is 19.9. The molecule has 1 aromatic heterocycles. The van der Waals surface area contributed by atoms with Crippen LogP contribution in [0.5, 0.6) is 17.2 Å². The number of hydrogen-bond donors (Lipinski definition) is 2. The fraction of sp³-hybridized carbons (Fsp3) is 0.250. The molecule has 8 heteroatoms. The van der Waals surface area contributed by atoms with Crippen LogP contribution in [0, 0.1) is 0 Å². The lowest BCUT2D eigenvalue weighted by atomic mass is 9.95. The minimum atomic E-state index is -1.05. The minimum Gasteiger partial charge on any atom is -0.482 e. The van der Waals surface area contributed by atoms with Crippen molar-refractivity contribution in [2.24, 2.45) is 0 Å². The van der Waals surface area contributed by atoms with E-state index in [9.17, 15) is 14.7 Å². The third kappa shape index (κ3) is 5.02. The summed E-state index contributed by atoms with van der Waals surface area (Å²) >= 11 is 0. The monoisotopic (exact) mass is 486 g/mol. The molecule has 0 amide bonds. The number of aromatic nitrogens is 2. The van der Waals surface area contributed by atoms with Crippen molar-refractivity contribution in [3.63, 3.8) is 0 Å². The fourth-order valence-electron chi connectivity index (χ4n) is 4.72. The Morgan fingerprint density at radius 3 is 2.36 bits per heavy atom. The van der Waals surface area contributed by atoms with E-state index in [2.05, 4.69) is 4.57 Å². The maximum absolute atomic E-state index is 11.5. The van der Waals surface area contributed by atoms with Crippen molar-refractivity contribution < 1.29 is 29.3 Å². The normalized spacial score (nSPS) is 14.0. The third-order valence-corrected chi connectivity index (χ3v) is 6.39. The van der Waals surface area contributed by atoms with E-state index in [0.717, 1.165) is 29.7 Å². The number of carbonyl (C=O) groups is 2. The van der Waals surface area contributed by atoms with E-state index in [-0.39, 0.29) is 5.56 Å². The highest BCUT2D eigenvalue weighted by Gasteiger charge is 2.23. The molecule has 0 radical (unpaired) electrons. The lowest BCUT2D eigenvalue weighted by Gasteiger charge is -2.25. The Labute approximate surface area is 207 Å². The van der Waals surface area contributed by atoms with E-state index >= 15 is 0 Å². The Morgan fingerprint density at radius 2 is 1.64 bits per heavy atom. The number of aromatic carboxylic acids is 1. The molecule has 0 atom stereocenters. The Morgan fingerprint density at radius 1 is 0.889 bits per heavy atom. The van der Waals surface area contributed by atoms with Crippen molar-refractivity contribution >= 4 is 23.0 Å². The molecule has 0 aliphatic heterocycles. The van der Waals surface area contributed by atoms with Crippen LogP contribution in [0.1, 0.15) is 48.5 Å².